The SMILES string of the molecule is COCc1nc(N)cc(NCC(C)c2nccs2)n1. The molecule has 2 aromatic rings. The van der Waals surface area contributed by atoms with Crippen LogP contribution in [0.1, 0.15) is 23.7 Å². The second kappa shape index (κ2) is 6.44. The normalized spacial score (nSPS) is 12.3. The first-order valence-corrected chi connectivity index (χ1v) is 6.82. The van der Waals surface area contributed by atoms with Crippen molar-refractivity contribution in [2.75, 3.05) is 24.7 Å². The van der Waals surface area contributed by atoms with E-state index in [9.17, 15) is 0 Å². The molecule has 6 nitrogen and oxygen atoms in total. The number of nitrogens with one attached hydrogen (secondary N) is 1. The summed E-state index contributed by atoms with van der Waals surface area (Å²) < 4.78 is 5.01. The van der Waals surface area contributed by atoms with E-state index >= 15 is 0 Å². The van der Waals surface area contributed by atoms with E-state index in [-0.39, 0.29) is 0 Å². The molecule has 0 aliphatic carbocycles. The Bertz CT molecular complexity index is 517. The van der Waals surface area contributed by atoms with Crippen molar-refractivity contribution in [3.63, 3.8) is 0 Å². The summed E-state index contributed by atoms with van der Waals surface area (Å²) in [6.45, 7) is 3.21. The summed E-state index contributed by atoms with van der Waals surface area (Å²) in [4.78, 5) is 12.7. The third-order valence-corrected chi connectivity index (χ3v) is 3.54. The highest BCUT2D eigenvalue weighted by atomic mass is 32.1. The maximum atomic E-state index is 5.73. The Balaban J connectivity index is 1.99. The van der Waals surface area contributed by atoms with Gasteiger partial charge in [0.15, 0.2) is 5.82 Å². The minimum Gasteiger partial charge on any atom is -0.384 e. The van der Waals surface area contributed by atoms with Crippen LogP contribution in [0.15, 0.2) is 17.6 Å². The summed E-state index contributed by atoms with van der Waals surface area (Å²) in [7, 11) is 1.60. The summed E-state index contributed by atoms with van der Waals surface area (Å²) in [6.07, 6.45) is 1.82. The smallest absolute Gasteiger partial charge is 0.158 e. The number of hydrogen-bond acceptors (Lipinski definition) is 7. The van der Waals surface area contributed by atoms with Crippen molar-refractivity contribution in [1.82, 2.24) is 15.0 Å². The van der Waals surface area contributed by atoms with Gasteiger partial charge >= 0.3 is 0 Å². The van der Waals surface area contributed by atoms with Crippen molar-refractivity contribution in [1.29, 1.82) is 0 Å². The van der Waals surface area contributed by atoms with Gasteiger partial charge in [0.05, 0.1) is 5.01 Å². The molecule has 7 heteroatoms. The molecule has 0 aliphatic heterocycles. The van der Waals surface area contributed by atoms with Gasteiger partial charge in [0.2, 0.25) is 0 Å². The van der Waals surface area contributed by atoms with Crippen LogP contribution in [0.4, 0.5) is 11.6 Å². The maximum absolute atomic E-state index is 5.73. The van der Waals surface area contributed by atoms with Crippen LogP contribution in [0.2, 0.25) is 0 Å². The Morgan fingerprint density at radius 1 is 1.47 bits per heavy atom. The summed E-state index contributed by atoms with van der Waals surface area (Å²) in [5, 5.41) is 6.33. The predicted octanol–water partition coefficient (Wildman–Crippen LogP) is 1.88. The van der Waals surface area contributed by atoms with Gasteiger partial charge in [-0.1, -0.05) is 6.92 Å². The minimum absolute atomic E-state index is 0.321. The van der Waals surface area contributed by atoms with Crippen molar-refractivity contribution < 1.29 is 4.74 Å². The molecule has 1 unspecified atom stereocenters. The van der Waals surface area contributed by atoms with E-state index in [0.29, 0.717) is 30.0 Å². The molecule has 0 aromatic carbocycles. The lowest BCUT2D eigenvalue weighted by molar-refractivity contribution is 0.178. The number of anilines is 2. The van der Waals surface area contributed by atoms with Gasteiger partial charge in [0.25, 0.3) is 0 Å². The standard InChI is InChI=1S/C12H17N5OS/c1-8(12-14-3-4-19-12)6-15-10-5-9(13)16-11(17-10)7-18-2/h3-5,8H,6-7H2,1-2H3,(H3,13,15,16,17). The molecule has 2 aromatic heterocycles. The molecule has 0 fully saturated rings. The summed E-state index contributed by atoms with van der Waals surface area (Å²) >= 11 is 1.65. The van der Waals surface area contributed by atoms with Crippen LogP contribution < -0.4 is 11.1 Å². The zero-order valence-electron chi connectivity index (χ0n) is 11.0. The molecule has 2 rings (SSSR count). The highest BCUT2D eigenvalue weighted by molar-refractivity contribution is 7.09. The Kier molecular flexibility index (Phi) is 4.64. The molecule has 2 heterocycles. The lowest BCUT2D eigenvalue weighted by Crippen LogP contribution is -2.12. The molecule has 0 saturated heterocycles. The molecule has 1 atom stereocenters. The second-order valence-corrected chi connectivity index (χ2v) is 5.11. The molecule has 0 saturated carbocycles. The van der Waals surface area contributed by atoms with Crippen LogP contribution in [0.5, 0.6) is 0 Å². The number of nitrogens with zero attached hydrogens (tertiary/aromatic N) is 3. The van der Waals surface area contributed by atoms with Gasteiger partial charge in [-0.25, -0.2) is 15.0 Å². The van der Waals surface area contributed by atoms with Gasteiger partial charge in [-0.15, -0.1) is 11.3 Å². The van der Waals surface area contributed by atoms with Crippen LogP contribution in [-0.2, 0) is 11.3 Å². The van der Waals surface area contributed by atoms with Crippen LogP contribution in [0, 0.1) is 0 Å². The first-order chi connectivity index (χ1) is 9.19. The van der Waals surface area contributed by atoms with E-state index in [2.05, 4.69) is 27.2 Å². The van der Waals surface area contributed by atoms with E-state index in [1.54, 1.807) is 24.5 Å². The van der Waals surface area contributed by atoms with Crippen LogP contribution in [0.3, 0.4) is 0 Å². The minimum atomic E-state index is 0.321. The van der Waals surface area contributed by atoms with Crippen molar-refractivity contribution in [2.24, 2.45) is 0 Å². The highest BCUT2D eigenvalue weighted by Crippen LogP contribution is 2.18. The molecular formula is C12H17N5OS. The van der Waals surface area contributed by atoms with E-state index in [1.807, 2.05) is 11.6 Å². The molecule has 0 spiro atoms. The van der Waals surface area contributed by atoms with E-state index < -0.39 is 0 Å². The molecule has 0 radical (unpaired) electrons. The first-order valence-electron chi connectivity index (χ1n) is 5.94. The number of thiazole rings is 1. The van der Waals surface area contributed by atoms with E-state index in [1.165, 1.54) is 0 Å². The van der Waals surface area contributed by atoms with Gasteiger partial charge < -0.3 is 15.8 Å². The van der Waals surface area contributed by atoms with Gasteiger partial charge in [0, 0.05) is 37.2 Å². The average Bonchev–Trinajstić information content (AvgIpc) is 2.89. The molecule has 0 bridgehead atoms. The summed E-state index contributed by atoms with van der Waals surface area (Å²) in [5.41, 5.74) is 5.73. The number of nitrogens with two attached hydrogens (primary N) is 1. The number of aromatic nitrogens is 3. The Morgan fingerprint density at radius 2 is 2.32 bits per heavy atom. The number of hydrogen-bond donors (Lipinski definition) is 2. The lowest BCUT2D eigenvalue weighted by Gasteiger charge is -2.11. The molecule has 0 amide bonds. The lowest BCUT2D eigenvalue weighted by atomic mass is 10.2. The van der Waals surface area contributed by atoms with Gasteiger partial charge in [-0.3, -0.25) is 0 Å². The zero-order chi connectivity index (χ0) is 13.7. The van der Waals surface area contributed by atoms with Crippen molar-refractivity contribution in [3.05, 3.63) is 28.5 Å². The molecule has 0 aliphatic rings. The summed E-state index contributed by atoms with van der Waals surface area (Å²) in [6, 6.07) is 1.72. The number of rotatable bonds is 6. The molecule has 102 valence electrons. The third kappa shape index (κ3) is 3.87. The number of methoxy groups -OCH3 is 1. The topological polar surface area (TPSA) is 86.0 Å². The van der Waals surface area contributed by atoms with Crippen LogP contribution in [-0.4, -0.2) is 28.6 Å². The highest BCUT2D eigenvalue weighted by Gasteiger charge is 2.09. The van der Waals surface area contributed by atoms with E-state index in [4.69, 9.17) is 10.5 Å². The van der Waals surface area contributed by atoms with Crippen LogP contribution in [0.25, 0.3) is 0 Å². The summed E-state index contributed by atoms with van der Waals surface area (Å²) in [5.74, 6) is 2.04. The number of nitrogen functional groups attached to an aromatic ring is 1. The van der Waals surface area contributed by atoms with Crippen molar-refractivity contribution in [3.8, 4) is 0 Å². The first kappa shape index (κ1) is 13.7. The monoisotopic (exact) mass is 279 g/mol. The number of ether oxygens (including phenoxy) is 1. The van der Waals surface area contributed by atoms with Crippen LogP contribution >= 0.6 is 11.3 Å². The molecule has 3 N–H and O–H groups in total. The second-order valence-electron chi connectivity index (χ2n) is 4.18. The molecule has 19 heavy (non-hydrogen) atoms. The average molecular weight is 279 g/mol. The van der Waals surface area contributed by atoms with Crippen molar-refractivity contribution in [2.45, 2.75) is 19.4 Å². The van der Waals surface area contributed by atoms with Gasteiger partial charge in [0.1, 0.15) is 18.2 Å². The predicted molar refractivity (Wildman–Crippen MR) is 76.2 cm³/mol. The quantitative estimate of drug-likeness (QED) is 0.839. The van der Waals surface area contributed by atoms with Crippen molar-refractivity contribution >= 4 is 23.0 Å². The fourth-order valence-corrected chi connectivity index (χ4v) is 2.32. The Labute approximate surface area is 116 Å². The largest absolute Gasteiger partial charge is 0.384 e. The zero-order valence-corrected chi connectivity index (χ0v) is 11.8. The van der Waals surface area contributed by atoms with E-state index in [0.717, 1.165) is 11.6 Å². The molecular weight excluding hydrogens is 262 g/mol. The fraction of sp³-hybridized carbons (Fsp3) is 0.417. The third-order valence-electron chi connectivity index (χ3n) is 2.53. The maximum Gasteiger partial charge on any atom is 0.158 e. The Morgan fingerprint density at radius 3 is 3.00 bits per heavy atom. The van der Waals surface area contributed by atoms with Gasteiger partial charge in [-0.2, -0.15) is 0 Å². The Hall–Kier alpha value is -1.73. The van der Waals surface area contributed by atoms with Gasteiger partial charge in [-0.05, 0) is 0 Å². The fourth-order valence-electron chi connectivity index (χ4n) is 1.62.